The molecule has 0 radical (unpaired) electrons. The first-order valence-electron chi connectivity index (χ1n) is 7.79. The SMILES string of the molecule is COCCN=C(NCCc1ccco1)N1CCSC(C)(C)C1. The van der Waals surface area contributed by atoms with Gasteiger partial charge in [-0.25, -0.2) is 0 Å². The molecule has 1 aliphatic rings. The summed E-state index contributed by atoms with van der Waals surface area (Å²) >= 11 is 2.03. The normalized spacial score (nSPS) is 18.5. The molecule has 0 bridgehead atoms. The maximum atomic E-state index is 5.38. The van der Waals surface area contributed by atoms with Crippen molar-refractivity contribution in [3.8, 4) is 0 Å². The van der Waals surface area contributed by atoms with Gasteiger partial charge in [-0.3, -0.25) is 4.99 Å². The topological polar surface area (TPSA) is 50.0 Å². The third kappa shape index (κ3) is 5.57. The fourth-order valence-corrected chi connectivity index (χ4v) is 3.57. The number of guanidine groups is 1. The van der Waals surface area contributed by atoms with Crippen LogP contribution in [0.15, 0.2) is 27.8 Å². The number of nitrogens with zero attached hydrogens (tertiary/aromatic N) is 2. The number of rotatable bonds is 6. The van der Waals surface area contributed by atoms with Gasteiger partial charge < -0.3 is 19.4 Å². The first kappa shape index (κ1) is 17.2. The average molecular weight is 325 g/mol. The van der Waals surface area contributed by atoms with E-state index in [2.05, 4.69) is 29.1 Å². The molecule has 0 saturated carbocycles. The fraction of sp³-hybridized carbons (Fsp3) is 0.688. The Morgan fingerprint density at radius 2 is 2.41 bits per heavy atom. The number of hydrogen-bond donors (Lipinski definition) is 1. The summed E-state index contributed by atoms with van der Waals surface area (Å²) in [6.45, 7) is 8.78. The Bertz CT molecular complexity index is 460. The van der Waals surface area contributed by atoms with E-state index in [1.807, 2.05) is 23.9 Å². The van der Waals surface area contributed by atoms with E-state index in [0.29, 0.717) is 13.2 Å². The Balaban J connectivity index is 1.91. The standard InChI is InChI=1S/C16H27N3O2S/c1-16(2)13-19(9-12-22-16)15(18-8-11-20-3)17-7-6-14-5-4-10-21-14/h4-5,10H,6-9,11-13H2,1-3H3,(H,17,18). The Labute approximate surface area is 137 Å². The summed E-state index contributed by atoms with van der Waals surface area (Å²) in [6.07, 6.45) is 2.58. The van der Waals surface area contributed by atoms with Crippen molar-refractivity contribution in [1.82, 2.24) is 10.2 Å². The number of nitrogens with one attached hydrogen (secondary N) is 1. The molecule has 2 rings (SSSR count). The van der Waals surface area contributed by atoms with Crippen molar-refractivity contribution in [2.75, 3.05) is 45.6 Å². The molecule has 1 saturated heterocycles. The molecule has 0 spiro atoms. The van der Waals surface area contributed by atoms with Crippen molar-refractivity contribution in [2.45, 2.75) is 25.0 Å². The summed E-state index contributed by atoms with van der Waals surface area (Å²) in [5, 5.41) is 3.48. The van der Waals surface area contributed by atoms with Crippen LogP contribution >= 0.6 is 11.8 Å². The van der Waals surface area contributed by atoms with E-state index in [-0.39, 0.29) is 4.75 Å². The zero-order valence-corrected chi connectivity index (χ0v) is 14.6. The zero-order valence-electron chi connectivity index (χ0n) is 13.8. The molecule has 5 nitrogen and oxygen atoms in total. The second kappa shape index (κ2) is 8.48. The molecule has 2 heterocycles. The van der Waals surface area contributed by atoms with Crippen LogP contribution in [0.2, 0.25) is 0 Å². The van der Waals surface area contributed by atoms with Gasteiger partial charge in [0.15, 0.2) is 5.96 Å². The number of thioether (sulfide) groups is 1. The van der Waals surface area contributed by atoms with E-state index in [1.54, 1.807) is 13.4 Å². The molecule has 0 amide bonds. The largest absolute Gasteiger partial charge is 0.469 e. The third-order valence-corrected chi connectivity index (χ3v) is 4.81. The highest BCUT2D eigenvalue weighted by atomic mass is 32.2. The summed E-state index contributed by atoms with van der Waals surface area (Å²) in [5.41, 5.74) is 0. The van der Waals surface area contributed by atoms with Gasteiger partial charge in [0.1, 0.15) is 5.76 Å². The highest BCUT2D eigenvalue weighted by Crippen LogP contribution is 2.29. The van der Waals surface area contributed by atoms with Gasteiger partial charge >= 0.3 is 0 Å². The van der Waals surface area contributed by atoms with Gasteiger partial charge in [-0.1, -0.05) is 0 Å². The molecule has 0 atom stereocenters. The average Bonchev–Trinajstić information content (AvgIpc) is 2.98. The van der Waals surface area contributed by atoms with Crippen LogP contribution in [0.25, 0.3) is 0 Å². The van der Waals surface area contributed by atoms with Crippen LogP contribution in [0.5, 0.6) is 0 Å². The highest BCUT2D eigenvalue weighted by Gasteiger charge is 2.28. The quantitative estimate of drug-likeness (QED) is 0.494. The van der Waals surface area contributed by atoms with Gasteiger partial charge in [0.25, 0.3) is 0 Å². The van der Waals surface area contributed by atoms with E-state index < -0.39 is 0 Å². The number of furan rings is 1. The molecule has 6 heteroatoms. The van der Waals surface area contributed by atoms with E-state index in [9.17, 15) is 0 Å². The Morgan fingerprint density at radius 1 is 1.55 bits per heavy atom. The lowest BCUT2D eigenvalue weighted by molar-refractivity contribution is 0.207. The van der Waals surface area contributed by atoms with Crippen molar-refractivity contribution in [2.24, 2.45) is 4.99 Å². The van der Waals surface area contributed by atoms with Gasteiger partial charge in [0, 0.05) is 43.7 Å². The second-order valence-corrected chi connectivity index (χ2v) is 7.79. The van der Waals surface area contributed by atoms with Gasteiger partial charge in [0.2, 0.25) is 0 Å². The van der Waals surface area contributed by atoms with Crippen LogP contribution in [0.1, 0.15) is 19.6 Å². The molecule has 22 heavy (non-hydrogen) atoms. The molecular formula is C16H27N3O2S. The van der Waals surface area contributed by atoms with Gasteiger partial charge in [-0.05, 0) is 26.0 Å². The van der Waals surface area contributed by atoms with Crippen LogP contribution in [0, 0.1) is 0 Å². The van der Waals surface area contributed by atoms with Gasteiger partial charge in [-0.15, -0.1) is 0 Å². The molecule has 1 aromatic rings. The summed E-state index contributed by atoms with van der Waals surface area (Å²) in [5.74, 6) is 3.12. The lowest BCUT2D eigenvalue weighted by atomic mass is 10.2. The maximum absolute atomic E-state index is 5.38. The summed E-state index contributed by atoms with van der Waals surface area (Å²) in [6, 6.07) is 3.93. The molecule has 0 aliphatic carbocycles. The predicted octanol–water partition coefficient (Wildman–Crippen LogP) is 2.24. The van der Waals surface area contributed by atoms with Gasteiger partial charge in [0.05, 0.1) is 19.4 Å². The smallest absolute Gasteiger partial charge is 0.194 e. The van der Waals surface area contributed by atoms with Crippen molar-refractivity contribution in [1.29, 1.82) is 0 Å². The molecule has 1 aliphatic heterocycles. The third-order valence-electron chi connectivity index (χ3n) is 3.52. The van der Waals surface area contributed by atoms with Crippen molar-refractivity contribution >= 4 is 17.7 Å². The number of hydrogen-bond acceptors (Lipinski definition) is 4. The minimum absolute atomic E-state index is 0.267. The van der Waals surface area contributed by atoms with E-state index >= 15 is 0 Å². The minimum atomic E-state index is 0.267. The number of ether oxygens (including phenoxy) is 1. The van der Waals surface area contributed by atoms with Crippen molar-refractivity contribution in [3.63, 3.8) is 0 Å². The number of methoxy groups -OCH3 is 1. The molecule has 1 fully saturated rings. The molecule has 0 unspecified atom stereocenters. The molecule has 1 aromatic heterocycles. The van der Waals surface area contributed by atoms with Crippen molar-refractivity contribution in [3.05, 3.63) is 24.2 Å². The summed E-state index contributed by atoms with van der Waals surface area (Å²) in [4.78, 5) is 7.04. The molecule has 1 N–H and O–H groups in total. The number of aliphatic imine (C=N–C) groups is 1. The monoisotopic (exact) mass is 325 g/mol. The first-order valence-corrected chi connectivity index (χ1v) is 8.78. The maximum Gasteiger partial charge on any atom is 0.194 e. The van der Waals surface area contributed by atoms with Crippen LogP contribution in [-0.2, 0) is 11.2 Å². The predicted molar refractivity (Wildman–Crippen MR) is 92.7 cm³/mol. The van der Waals surface area contributed by atoms with Gasteiger partial charge in [-0.2, -0.15) is 11.8 Å². The second-order valence-electron chi connectivity index (χ2n) is 5.98. The minimum Gasteiger partial charge on any atom is -0.469 e. The molecular weight excluding hydrogens is 298 g/mol. The lowest BCUT2D eigenvalue weighted by Crippen LogP contribution is -2.51. The van der Waals surface area contributed by atoms with E-state index in [0.717, 1.165) is 43.5 Å². The van der Waals surface area contributed by atoms with E-state index in [4.69, 9.17) is 9.15 Å². The Morgan fingerprint density at radius 3 is 3.09 bits per heavy atom. The summed E-state index contributed by atoms with van der Waals surface area (Å²) < 4.78 is 10.8. The Hall–Kier alpha value is -1.14. The fourth-order valence-electron chi connectivity index (χ4n) is 2.46. The van der Waals surface area contributed by atoms with Crippen LogP contribution < -0.4 is 5.32 Å². The van der Waals surface area contributed by atoms with E-state index in [1.165, 1.54) is 0 Å². The van der Waals surface area contributed by atoms with Crippen molar-refractivity contribution < 1.29 is 9.15 Å². The lowest BCUT2D eigenvalue weighted by Gasteiger charge is -2.39. The highest BCUT2D eigenvalue weighted by molar-refractivity contribution is 8.00. The van der Waals surface area contributed by atoms with Crippen LogP contribution in [0.4, 0.5) is 0 Å². The Kier molecular flexibility index (Phi) is 6.64. The first-order chi connectivity index (χ1) is 10.6. The molecule has 0 aromatic carbocycles. The molecule has 124 valence electrons. The van der Waals surface area contributed by atoms with Crippen LogP contribution in [0.3, 0.4) is 0 Å². The zero-order chi connectivity index (χ0) is 15.8. The summed E-state index contributed by atoms with van der Waals surface area (Å²) in [7, 11) is 1.71. The van der Waals surface area contributed by atoms with Crippen LogP contribution in [-0.4, -0.2) is 61.3 Å².